The van der Waals surface area contributed by atoms with Crippen LogP contribution >= 0.6 is 0 Å². The summed E-state index contributed by atoms with van der Waals surface area (Å²) in [4.78, 5) is 14.6. The Balaban J connectivity index is 1.31. The van der Waals surface area contributed by atoms with Crippen LogP contribution in [0.15, 0.2) is 22.9 Å². The number of aryl methyl sites for hydroxylation is 2. The van der Waals surface area contributed by atoms with Gasteiger partial charge in [-0.3, -0.25) is 14.4 Å². The number of rotatable bonds is 5. The molecule has 2 aliphatic heterocycles. The predicted molar refractivity (Wildman–Crippen MR) is 88.8 cm³/mol. The molecule has 0 aliphatic carbocycles. The minimum Gasteiger partial charge on any atom is -0.376 e. The van der Waals surface area contributed by atoms with Crippen molar-refractivity contribution in [3.8, 4) is 0 Å². The summed E-state index contributed by atoms with van der Waals surface area (Å²) in [7, 11) is 1.77. The Morgan fingerprint density at radius 2 is 2.32 bits per heavy atom. The molecule has 2 fully saturated rings. The highest BCUT2D eigenvalue weighted by molar-refractivity contribution is 5.92. The zero-order chi connectivity index (χ0) is 17.4. The van der Waals surface area contributed by atoms with E-state index in [0.29, 0.717) is 30.7 Å². The van der Waals surface area contributed by atoms with Gasteiger partial charge in [0.2, 0.25) is 0 Å². The van der Waals surface area contributed by atoms with Crippen molar-refractivity contribution in [3.05, 3.63) is 35.5 Å². The second kappa shape index (κ2) is 6.61. The molecule has 8 nitrogen and oxygen atoms in total. The topological polar surface area (TPSA) is 85.4 Å². The summed E-state index contributed by atoms with van der Waals surface area (Å²) in [6, 6.07) is 3.70. The van der Waals surface area contributed by atoms with E-state index in [-0.39, 0.29) is 12.0 Å². The average Bonchev–Trinajstić information content (AvgIpc) is 3.32. The minimum atomic E-state index is -0.0867. The molecule has 2 aliphatic rings. The first-order chi connectivity index (χ1) is 12.1. The van der Waals surface area contributed by atoms with Gasteiger partial charge in [0.05, 0.1) is 18.4 Å². The van der Waals surface area contributed by atoms with Crippen LogP contribution in [0.5, 0.6) is 0 Å². The van der Waals surface area contributed by atoms with Crippen LogP contribution < -0.4 is 5.32 Å². The third-order valence-corrected chi connectivity index (χ3v) is 5.16. The number of nitrogens with zero attached hydrogens (tertiary/aromatic N) is 4. The van der Waals surface area contributed by atoms with Gasteiger partial charge in [-0.25, -0.2) is 0 Å². The van der Waals surface area contributed by atoms with Crippen LogP contribution in [0.4, 0.5) is 0 Å². The predicted octanol–water partition coefficient (Wildman–Crippen LogP) is 0.593. The molecule has 134 valence electrons. The molecule has 4 heterocycles. The monoisotopic (exact) mass is 345 g/mol. The lowest BCUT2D eigenvalue weighted by molar-refractivity contribution is 0.0897. The fourth-order valence-electron chi connectivity index (χ4n) is 3.85. The van der Waals surface area contributed by atoms with Gasteiger partial charge < -0.3 is 14.6 Å². The van der Waals surface area contributed by atoms with Gasteiger partial charge in [0.25, 0.3) is 5.91 Å². The number of hydrogen-bond donors (Lipinski definition) is 1. The van der Waals surface area contributed by atoms with Gasteiger partial charge in [0.1, 0.15) is 11.5 Å². The molecule has 0 unspecified atom stereocenters. The van der Waals surface area contributed by atoms with Crippen LogP contribution in [0, 0.1) is 18.8 Å². The average molecular weight is 345 g/mol. The summed E-state index contributed by atoms with van der Waals surface area (Å²) < 4.78 is 12.7. The maximum absolute atomic E-state index is 12.2. The summed E-state index contributed by atoms with van der Waals surface area (Å²) in [5, 5.41) is 11.1. The minimum absolute atomic E-state index is 0.0867. The van der Waals surface area contributed by atoms with Crippen LogP contribution in [0.25, 0.3) is 0 Å². The number of carbonyl (C=O) groups excluding carboxylic acids is 1. The third kappa shape index (κ3) is 3.32. The number of amides is 1. The molecule has 0 aromatic carbocycles. The van der Waals surface area contributed by atoms with Crippen LogP contribution in [0.2, 0.25) is 0 Å². The first-order valence-electron chi connectivity index (χ1n) is 8.62. The summed E-state index contributed by atoms with van der Waals surface area (Å²) >= 11 is 0. The number of ether oxygens (including phenoxy) is 1. The van der Waals surface area contributed by atoms with E-state index >= 15 is 0 Å². The Bertz CT molecular complexity index is 755. The highest BCUT2D eigenvalue weighted by Crippen LogP contribution is 2.34. The first kappa shape index (κ1) is 16.3. The molecule has 2 saturated heterocycles. The number of hydrogen-bond acceptors (Lipinski definition) is 6. The molecule has 4 rings (SSSR count). The second-order valence-electron chi connectivity index (χ2n) is 6.97. The number of aromatic nitrogens is 3. The number of nitrogens with one attached hydrogen (secondary N) is 1. The Morgan fingerprint density at radius 3 is 3.04 bits per heavy atom. The van der Waals surface area contributed by atoms with Crippen LogP contribution in [0.1, 0.15) is 21.9 Å². The van der Waals surface area contributed by atoms with Crippen molar-refractivity contribution >= 4 is 5.91 Å². The van der Waals surface area contributed by atoms with Gasteiger partial charge in [0, 0.05) is 57.3 Å². The third-order valence-electron chi connectivity index (χ3n) is 5.16. The van der Waals surface area contributed by atoms with E-state index in [9.17, 15) is 4.79 Å². The zero-order valence-corrected chi connectivity index (χ0v) is 14.5. The van der Waals surface area contributed by atoms with Gasteiger partial charge in [-0.05, 0) is 13.0 Å². The van der Waals surface area contributed by atoms with Crippen LogP contribution in [-0.4, -0.2) is 58.1 Å². The Kier molecular flexibility index (Phi) is 4.30. The number of fused-ring (bicyclic) bond motifs is 1. The summed E-state index contributed by atoms with van der Waals surface area (Å²) in [6.45, 7) is 5.88. The van der Waals surface area contributed by atoms with E-state index in [4.69, 9.17) is 9.26 Å². The van der Waals surface area contributed by atoms with Crippen molar-refractivity contribution in [2.75, 3.05) is 26.2 Å². The fraction of sp³-hybridized carbons (Fsp3) is 0.588. The Morgan fingerprint density at radius 1 is 1.44 bits per heavy atom. The lowest BCUT2D eigenvalue weighted by atomic mass is 9.93. The van der Waals surface area contributed by atoms with Gasteiger partial charge in [-0.2, -0.15) is 5.10 Å². The summed E-state index contributed by atoms with van der Waals surface area (Å²) in [5.74, 6) is 1.53. The molecule has 2 aromatic heterocycles. The highest BCUT2D eigenvalue weighted by atomic mass is 16.5. The molecule has 0 saturated carbocycles. The highest BCUT2D eigenvalue weighted by Gasteiger charge is 2.43. The van der Waals surface area contributed by atoms with Crippen molar-refractivity contribution < 1.29 is 14.1 Å². The summed E-state index contributed by atoms with van der Waals surface area (Å²) in [5.41, 5.74) is 1.53. The SMILES string of the molecule is Cc1cc(CN2C[C@@H]3[C@@H](CNC(=O)c4ccnn4C)CO[C@@H]3C2)no1. The number of carbonyl (C=O) groups is 1. The van der Waals surface area contributed by atoms with Crippen LogP contribution in [-0.2, 0) is 18.3 Å². The maximum atomic E-state index is 12.2. The number of likely N-dealkylation sites (tertiary alicyclic amines) is 1. The standard InChI is InChI=1S/C17H23N5O3/c1-11-5-13(20-25-11)7-22-8-14-12(10-24-16(14)9-22)6-18-17(23)15-3-4-19-21(15)2/h3-5,12,14,16H,6-10H2,1-2H3,(H,18,23)/t12-,14+,16+/m0/s1. The van der Waals surface area contributed by atoms with Crippen molar-refractivity contribution in [1.82, 2.24) is 25.2 Å². The van der Waals surface area contributed by atoms with Crippen molar-refractivity contribution in [2.24, 2.45) is 18.9 Å². The van der Waals surface area contributed by atoms with Gasteiger partial charge in [0.15, 0.2) is 0 Å². The quantitative estimate of drug-likeness (QED) is 0.854. The molecule has 3 atom stereocenters. The molecular formula is C17H23N5O3. The molecule has 25 heavy (non-hydrogen) atoms. The van der Waals surface area contributed by atoms with E-state index in [1.807, 2.05) is 13.0 Å². The lowest BCUT2D eigenvalue weighted by Crippen LogP contribution is -2.35. The van der Waals surface area contributed by atoms with Gasteiger partial charge in [-0.15, -0.1) is 0 Å². The summed E-state index contributed by atoms with van der Waals surface area (Å²) in [6.07, 6.45) is 1.87. The molecule has 0 radical (unpaired) electrons. The van der Waals surface area contributed by atoms with Crippen molar-refractivity contribution in [2.45, 2.75) is 19.6 Å². The van der Waals surface area contributed by atoms with Gasteiger partial charge >= 0.3 is 0 Å². The van der Waals surface area contributed by atoms with E-state index in [2.05, 4.69) is 20.5 Å². The molecule has 1 N–H and O–H groups in total. The molecular weight excluding hydrogens is 322 g/mol. The van der Waals surface area contributed by atoms with E-state index < -0.39 is 0 Å². The molecule has 8 heteroatoms. The molecule has 2 aromatic rings. The van der Waals surface area contributed by atoms with Crippen molar-refractivity contribution in [1.29, 1.82) is 0 Å². The normalized spacial score (nSPS) is 26.1. The second-order valence-corrected chi connectivity index (χ2v) is 6.97. The van der Waals surface area contributed by atoms with Crippen molar-refractivity contribution in [3.63, 3.8) is 0 Å². The molecule has 0 bridgehead atoms. The molecule has 1 amide bonds. The lowest BCUT2D eigenvalue weighted by Gasteiger charge is -2.19. The van der Waals surface area contributed by atoms with Gasteiger partial charge in [-0.1, -0.05) is 5.16 Å². The van der Waals surface area contributed by atoms with E-state index in [1.54, 1.807) is 24.0 Å². The fourth-order valence-corrected chi connectivity index (χ4v) is 3.85. The zero-order valence-electron chi connectivity index (χ0n) is 14.5. The first-order valence-corrected chi connectivity index (χ1v) is 8.62. The molecule has 0 spiro atoms. The Hall–Kier alpha value is -2.19. The van der Waals surface area contributed by atoms with E-state index in [0.717, 1.165) is 31.1 Å². The Labute approximate surface area is 146 Å². The van der Waals surface area contributed by atoms with Crippen LogP contribution in [0.3, 0.4) is 0 Å². The van der Waals surface area contributed by atoms with E-state index in [1.165, 1.54) is 0 Å². The maximum Gasteiger partial charge on any atom is 0.269 e. The smallest absolute Gasteiger partial charge is 0.269 e. The largest absolute Gasteiger partial charge is 0.376 e.